The van der Waals surface area contributed by atoms with Crippen LogP contribution >= 0.6 is 0 Å². The summed E-state index contributed by atoms with van der Waals surface area (Å²) in [7, 11) is 0. The zero-order valence-electron chi connectivity index (χ0n) is 17.4. The lowest BCUT2D eigenvalue weighted by molar-refractivity contribution is 0.0705. The van der Waals surface area contributed by atoms with Gasteiger partial charge in [0.05, 0.1) is 11.1 Å². The van der Waals surface area contributed by atoms with Crippen molar-refractivity contribution >= 4 is 22.8 Å². The minimum absolute atomic E-state index is 0.245. The second-order valence-corrected chi connectivity index (χ2v) is 8.70. The lowest BCUT2D eigenvalue weighted by Crippen LogP contribution is -2.42. The molecule has 3 aromatic rings. The number of hydrogen-bond acceptors (Lipinski definition) is 7. The van der Waals surface area contributed by atoms with Gasteiger partial charge >= 0.3 is 0 Å². The van der Waals surface area contributed by atoms with Gasteiger partial charge in [0.25, 0.3) is 5.91 Å². The van der Waals surface area contributed by atoms with Crippen molar-refractivity contribution in [2.75, 3.05) is 31.1 Å². The van der Waals surface area contributed by atoms with Crippen LogP contribution < -0.4 is 10.4 Å². The minimum atomic E-state index is -0.600. The van der Waals surface area contributed by atoms with Gasteiger partial charge in [0.1, 0.15) is 0 Å². The number of nitrogens with one attached hydrogen (secondary N) is 1. The third-order valence-corrected chi connectivity index (χ3v) is 6.68. The van der Waals surface area contributed by atoms with E-state index in [1.807, 2.05) is 12.3 Å². The second-order valence-electron chi connectivity index (χ2n) is 8.70. The van der Waals surface area contributed by atoms with Gasteiger partial charge in [-0.25, -0.2) is 15.4 Å². The molecule has 0 radical (unpaired) electrons. The molecule has 0 bridgehead atoms. The quantitative estimate of drug-likeness (QED) is 0.497. The van der Waals surface area contributed by atoms with Gasteiger partial charge in [0, 0.05) is 50.2 Å². The lowest BCUT2D eigenvalue weighted by atomic mass is 9.78. The van der Waals surface area contributed by atoms with Crippen molar-refractivity contribution in [3.63, 3.8) is 0 Å². The molecule has 0 unspecified atom stereocenters. The SMILES string of the molecule is O=C(NO)c1cnc(N2CCC3(CCN(Cc4cnc5ccccc5c4)C3)CC2)nc1. The smallest absolute Gasteiger partial charge is 0.277 e. The third-order valence-electron chi connectivity index (χ3n) is 6.68. The first-order chi connectivity index (χ1) is 15.1. The first-order valence-electron chi connectivity index (χ1n) is 10.7. The monoisotopic (exact) mass is 418 g/mol. The molecule has 2 aromatic heterocycles. The number of hydroxylamine groups is 1. The number of piperidine rings is 1. The molecule has 8 heteroatoms. The maximum Gasteiger partial charge on any atom is 0.277 e. The number of likely N-dealkylation sites (tertiary alicyclic amines) is 1. The van der Waals surface area contributed by atoms with E-state index in [9.17, 15) is 4.79 Å². The Morgan fingerprint density at radius 3 is 2.55 bits per heavy atom. The highest BCUT2D eigenvalue weighted by molar-refractivity contribution is 5.92. The summed E-state index contributed by atoms with van der Waals surface area (Å²) >= 11 is 0. The minimum Gasteiger partial charge on any atom is -0.341 e. The number of carbonyl (C=O) groups is 1. The van der Waals surface area contributed by atoms with Gasteiger partial charge in [-0.1, -0.05) is 18.2 Å². The number of benzene rings is 1. The summed E-state index contributed by atoms with van der Waals surface area (Å²) in [6, 6.07) is 10.5. The molecular weight excluding hydrogens is 392 g/mol. The van der Waals surface area contributed by atoms with Crippen LogP contribution in [0.5, 0.6) is 0 Å². The molecule has 0 atom stereocenters. The standard InChI is InChI=1S/C23H26N6O2/c30-21(27-31)19-13-25-22(26-14-19)29-9-6-23(7-10-29)5-8-28(16-23)15-17-11-18-3-1-2-4-20(18)24-12-17/h1-4,11-14,31H,5-10,15-16H2,(H,27,30). The van der Waals surface area contributed by atoms with Gasteiger partial charge in [-0.15, -0.1) is 0 Å². The number of anilines is 1. The van der Waals surface area contributed by atoms with E-state index >= 15 is 0 Å². The van der Waals surface area contributed by atoms with E-state index < -0.39 is 5.91 Å². The molecule has 1 spiro atoms. The Morgan fingerprint density at radius 1 is 1.03 bits per heavy atom. The Morgan fingerprint density at radius 2 is 1.77 bits per heavy atom. The second kappa shape index (κ2) is 8.20. The van der Waals surface area contributed by atoms with Crippen molar-refractivity contribution in [1.82, 2.24) is 25.3 Å². The molecule has 0 saturated carbocycles. The van der Waals surface area contributed by atoms with Crippen LogP contribution in [0.4, 0.5) is 5.95 Å². The Labute approximate surface area is 180 Å². The Kier molecular flexibility index (Phi) is 5.25. The van der Waals surface area contributed by atoms with Crippen LogP contribution in [-0.4, -0.2) is 57.1 Å². The van der Waals surface area contributed by atoms with E-state index in [-0.39, 0.29) is 5.56 Å². The summed E-state index contributed by atoms with van der Waals surface area (Å²) in [6.45, 7) is 5.01. The first-order valence-corrected chi connectivity index (χ1v) is 10.7. The zero-order valence-corrected chi connectivity index (χ0v) is 17.4. The van der Waals surface area contributed by atoms with E-state index in [2.05, 4.69) is 49.0 Å². The van der Waals surface area contributed by atoms with Gasteiger partial charge in [-0.05, 0) is 48.9 Å². The summed E-state index contributed by atoms with van der Waals surface area (Å²) < 4.78 is 0. The van der Waals surface area contributed by atoms with Crippen molar-refractivity contribution < 1.29 is 10.0 Å². The number of aromatic nitrogens is 3. The molecular formula is C23H26N6O2. The van der Waals surface area contributed by atoms with Crippen molar-refractivity contribution in [2.45, 2.75) is 25.8 Å². The zero-order chi connectivity index (χ0) is 21.3. The normalized spacial score (nSPS) is 18.5. The molecule has 5 rings (SSSR count). The summed E-state index contributed by atoms with van der Waals surface area (Å²) in [5, 5.41) is 9.91. The number of hydrogen-bond donors (Lipinski definition) is 2. The largest absolute Gasteiger partial charge is 0.341 e. The average molecular weight is 419 g/mol. The topological polar surface area (TPSA) is 94.5 Å². The molecule has 2 aliphatic heterocycles. The van der Waals surface area contributed by atoms with E-state index in [1.165, 1.54) is 29.8 Å². The van der Waals surface area contributed by atoms with E-state index in [1.54, 1.807) is 5.48 Å². The molecule has 160 valence electrons. The fourth-order valence-corrected chi connectivity index (χ4v) is 4.88. The highest BCUT2D eigenvalue weighted by Gasteiger charge is 2.40. The summed E-state index contributed by atoms with van der Waals surface area (Å²) in [5.74, 6) is 0.0400. The van der Waals surface area contributed by atoms with Crippen LogP contribution in [0.3, 0.4) is 0 Å². The molecule has 2 aliphatic rings. The van der Waals surface area contributed by atoms with Crippen LogP contribution in [0, 0.1) is 5.41 Å². The van der Waals surface area contributed by atoms with Gasteiger partial charge in [0.2, 0.25) is 5.95 Å². The van der Waals surface area contributed by atoms with Crippen molar-refractivity contribution in [2.24, 2.45) is 5.41 Å². The molecule has 2 fully saturated rings. The first kappa shape index (κ1) is 19.8. The summed E-state index contributed by atoms with van der Waals surface area (Å²) in [5.41, 5.74) is 4.52. The fraction of sp³-hybridized carbons (Fsp3) is 0.391. The summed E-state index contributed by atoms with van der Waals surface area (Å²) in [4.78, 5) is 29.4. The molecule has 8 nitrogen and oxygen atoms in total. The maximum absolute atomic E-state index is 11.4. The number of amides is 1. The van der Waals surface area contributed by atoms with Gasteiger partial charge in [-0.3, -0.25) is 19.9 Å². The Balaban J connectivity index is 1.18. The predicted molar refractivity (Wildman–Crippen MR) is 117 cm³/mol. The number of nitrogens with zero attached hydrogens (tertiary/aromatic N) is 5. The molecule has 4 heterocycles. The van der Waals surface area contributed by atoms with Crippen LogP contribution in [0.15, 0.2) is 48.9 Å². The van der Waals surface area contributed by atoms with Gasteiger partial charge < -0.3 is 4.90 Å². The number of fused-ring (bicyclic) bond motifs is 1. The number of para-hydroxylation sites is 1. The number of pyridine rings is 1. The molecule has 1 aromatic carbocycles. The van der Waals surface area contributed by atoms with Gasteiger partial charge in [0.15, 0.2) is 0 Å². The highest BCUT2D eigenvalue weighted by Crippen LogP contribution is 2.41. The van der Waals surface area contributed by atoms with E-state index in [0.717, 1.165) is 51.1 Å². The van der Waals surface area contributed by atoms with Gasteiger partial charge in [-0.2, -0.15) is 0 Å². The number of carbonyl (C=O) groups excluding carboxylic acids is 1. The van der Waals surface area contributed by atoms with E-state index in [0.29, 0.717) is 11.4 Å². The highest BCUT2D eigenvalue weighted by atomic mass is 16.5. The Hall–Kier alpha value is -3.10. The molecule has 2 saturated heterocycles. The van der Waals surface area contributed by atoms with Crippen molar-refractivity contribution in [1.29, 1.82) is 0 Å². The number of rotatable bonds is 4. The maximum atomic E-state index is 11.4. The summed E-state index contributed by atoms with van der Waals surface area (Å²) in [6.07, 6.45) is 8.36. The predicted octanol–water partition coefficient (Wildman–Crippen LogP) is 2.64. The van der Waals surface area contributed by atoms with Crippen molar-refractivity contribution in [3.8, 4) is 0 Å². The van der Waals surface area contributed by atoms with Crippen LogP contribution in [0.1, 0.15) is 35.2 Å². The van der Waals surface area contributed by atoms with Crippen LogP contribution in [0.25, 0.3) is 10.9 Å². The van der Waals surface area contributed by atoms with Crippen molar-refractivity contribution in [3.05, 3.63) is 60.0 Å². The fourth-order valence-electron chi connectivity index (χ4n) is 4.88. The van der Waals surface area contributed by atoms with Crippen LogP contribution in [0.2, 0.25) is 0 Å². The van der Waals surface area contributed by atoms with Crippen LogP contribution in [-0.2, 0) is 6.54 Å². The molecule has 1 amide bonds. The lowest BCUT2D eigenvalue weighted by Gasteiger charge is -2.39. The third kappa shape index (κ3) is 4.08. The molecule has 2 N–H and O–H groups in total. The Bertz CT molecular complexity index is 1080. The molecule has 31 heavy (non-hydrogen) atoms. The van der Waals surface area contributed by atoms with E-state index in [4.69, 9.17) is 5.21 Å². The average Bonchev–Trinajstić information content (AvgIpc) is 3.20. The molecule has 0 aliphatic carbocycles.